The molecule has 1 fully saturated rings. The molecule has 1 aromatic rings. The van der Waals surface area contributed by atoms with Crippen LogP contribution in [0.25, 0.3) is 0 Å². The summed E-state index contributed by atoms with van der Waals surface area (Å²) in [6.45, 7) is 0.385. The molecule has 0 heterocycles. The zero-order valence-corrected chi connectivity index (χ0v) is 11.7. The molecule has 1 aromatic carbocycles. The normalized spacial score (nSPS) is 21.3. The van der Waals surface area contributed by atoms with E-state index in [4.69, 9.17) is 5.26 Å². The molecular weight excluding hydrogens is 268 g/mol. The fraction of sp³-hybridized carbons (Fsp3) is 0.438. The van der Waals surface area contributed by atoms with E-state index in [1.54, 1.807) is 24.3 Å². The summed E-state index contributed by atoms with van der Waals surface area (Å²) in [5.41, 5.74) is 0.987. The Morgan fingerprint density at radius 3 is 2.52 bits per heavy atom. The number of carboxylic acids is 1. The zero-order chi connectivity index (χ0) is 15.2. The Kier molecular flexibility index (Phi) is 4.94. The SMILES string of the molecule is N#Cc1ccc(C(=O)NCC2CCCCC2C(=O)O)cc1. The van der Waals surface area contributed by atoms with E-state index < -0.39 is 5.97 Å². The fourth-order valence-electron chi connectivity index (χ4n) is 2.80. The fourth-order valence-corrected chi connectivity index (χ4v) is 2.80. The molecule has 21 heavy (non-hydrogen) atoms. The van der Waals surface area contributed by atoms with Crippen molar-refractivity contribution in [3.63, 3.8) is 0 Å². The van der Waals surface area contributed by atoms with Crippen molar-refractivity contribution < 1.29 is 14.7 Å². The van der Waals surface area contributed by atoms with Gasteiger partial charge in [-0.15, -0.1) is 0 Å². The summed E-state index contributed by atoms with van der Waals surface area (Å²) >= 11 is 0. The molecule has 0 saturated heterocycles. The number of carbonyl (C=O) groups is 2. The van der Waals surface area contributed by atoms with Crippen LogP contribution in [0.5, 0.6) is 0 Å². The molecular formula is C16H18N2O3. The van der Waals surface area contributed by atoms with Gasteiger partial charge in [0.2, 0.25) is 0 Å². The summed E-state index contributed by atoms with van der Waals surface area (Å²) in [7, 11) is 0. The monoisotopic (exact) mass is 286 g/mol. The van der Waals surface area contributed by atoms with E-state index in [9.17, 15) is 14.7 Å². The number of nitrogens with zero attached hydrogens (tertiary/aromatic N) is 1. The standard InChI is InChI=1S/C16H18N2O3/c17-9-11-5-7-12(8-6-11)15(19)18-10-13-3-1-2-4-14(13)16(20)21/h5-8,13-14H,1-4,10H2,(H,18,19)(H,20,21). The summed E-state index contributed by atoms with van der Waals surface area (Å²) < 4.78 is 0. The molecule has 0 aromatic heterocycles. The molecule has 2 atom stereocenters. The first-order chi connectivity index (χ1) is 10.1. The third kappa shape index (κ3) is 3.82. The van der Waals surface area contributed by atoms with Crippen molar-refractivity contribution in [2.45, 2.75) is 25.7 Å². The topological polar surface area (TPSA) is 90.2 Å². The van der Waals surface area contributed by atoms with Crippen LogP contribution in [0.4, 0.5) is 0 Å². The minimum absolute atomic E-state index is 0.00131. The van der Waals surface area contributed by atoms with Gasteiger partial charge in [-0.2, -0.15) is 5.26 Å². The lowest BCUT2D eigenvalue weighted by Crippen LogP contribution is -2.37. The third-order valence-corrected chi connectivity index (χ3v) is 4.03. The number of carbonyl (C=O) groups excluding carboxylic acids is 1. The van der Waals surface area contributed by atoms with E-state index >= 15 is 0 Å². The number of hydrogen-bond acceptors (Lipinski definition) is 3. The number of nitriles is 1. The van der Waals surface area contributed by atoms with Crippen LogP contribution in [-0.2, 0) is 4.79 Å². The number of benzene rings is 1. The van der Waals surface area contributed by atoms with E-state index in [0.717, 1.165) is 19.3 Å². The molecule has 1 aliphatic carbocycles. The second-order valence-corrected chi connectivity index (χ2v) is 5.39. The maximum atomic E-state index is 12.0. The highest BCUT2D eigenvalue weighted by Gasteiger charge is 2.30. The number of amides is 1. The summed E-state index contributed by atoms with van der Waals surface area (Å²) in [4.78, 5) is 23.2. The van der Waals surface area contributed by atoms with E-state index in [-0.39, 0.29) is 17.7 Å². The lowest BCUT2D eigenvalue weighted by atomic mass is 9.79. The van der Waals surface area contributed by atoms with E-state index in [0.29, 0.717) is 24.1 Å². The lowest BCUT2D eigenvalue weighted by molar-refractivity contribution is -0.144. The van der Waals surface area contributed by atoms with E-state index in [1.807, 2.05) is 6.07 Å². The Labute approximate surface area is 123 Å². The van der Waals surface area contributed by atoms with Crippen LogP contribution in [0.3, 0.4) is 0 Å². The quantitative estimate of drug-likeness (QED) is 0.887. The summed E-state index contributed by atoms with van der Waals surface area (Å²) in [6.07, 6.45) is 3.48. The second kappa shape index (κ2) is 6.89. The Hall–Kier alpha value is -2.35. The summed E-state index contributed by atoms with van der Waals surface area (Å²) in [6, 6.07) is 8.39. The van der Waals surface area contributed by atoms with Crippen LogP contribution < -0.4 is 5.32 Å². The van der Waals surface area contributed by atoms with Crippen molar-refractivity contribution in [1.29, 1.82) is 5.26 Å². The van der Waals surface area contributed by atoms with Gasteiger partial charge >= 0.3 is 5.97 Å². The van der Waals surface area contributed by atoms with Gasteiger partial charge in [0.25, 0.3) is 5.91 Å². The Balaban J connectivity index is 1.93. The molecule has 0 spiro atoms. The zero-order valence-electron chi connectivity index (χ0n) is 11.7. The molecule has 1 aliphatic rings. The average molecular weight is 286 g/mol. The number of carboxylic acid groups (broad SMARTS) is 1. The van der Waals surface area contributed by atoms with Gasteiger partial charge in [-0.25, -0.2) is 0 Å². The number of hydrogen-bond donors (Lipinski definition) is 2. The molecule has 0 aliphatic heterocycles. The van der Waals surface area contributed by atoms with Crippen LogP contribution >= 0.6 is 0 Å². The number of nitrogens with one attached hydrogen (secondary N) is 1. The lowest BCUT2D eigenvalue weighted by Gasteiger charge is -2.28. The van der Waals surface area contributed by atoms with Gasteiger partial charge in [-0.3, -0.25) is 9.59 Å². The minimum Gasteiger partial charge on any atom is -0.481 e. The summed E-state index contributed by atoms with van der Waals surface area (Å²) in [5.74, 6) is -1.36. The number of aliphatic carboxylic acids is 1. The third-order valence-electron chi connectivity index (χ3n) is 4.03. The van der Waals surface area contributed by atoms with Gasteiger partial charge in [0.1, 0.15) is 0 Å². The Morgan fingerprint density at radius 2 is 1.90 bits per heavy atom. The highest BCUT2D eigenvalue weighted by atomic mass is 16.4. The van der Waals surface area contributed by atoms with Gasteiger partial charge in [-0.05, 0) is 43.0 Å². The van der Waals surface area contributed by atoms with Crippen LogP contribution in [0.2, 0.25) is 0 Å². The van der Waals surface area contributed by atoms with E-state index in [1.165, 1.54) is 0 Å². The molecule has 5 nitrogen and oxygen atoms in total. The van der Waals surface area contributed by atoms with E-state index in [2.05, 4.69) is 5.32 Å². The van der Waals surface area contributed by atoms with Gasteiger partial charge in [0.15, 0.2) is 0 Å². The van der Waals surface area contributed by atoms with Gasteiger partial charge in [0, 0.05) is 12.1 Å². The average Bonchev–Trinajstić information content (AvgIpc) is 2.52. The Bertz CT molecular complexity index is 560. The molecule has 0 bridgehead atoms. The first-order valence-corrected chi connectivity index (χ1v) is 7.13. The molecule has 2 rings (SSSR count). The van der Waals surface area contributed by atoms with Crippen LogP contribution in [0, 0.1) is 23.2 Å². The highest BCUT2D eigenvalue weighted by Crippen LogP contribution is 2.29. The minimum atomic E-state index is -0.771. The predicted molar refractivity (Wildman–Crippen MR) is 76.6 cm³/mol. The smallest absolute Gasteiger partial charge is 0.306 e. The molecule has 1 saturated carbocycles. The second-order valence-electron chi connectivity index (χ2n) is 5.39. The van der Waals surface area contributed by atoms with Crippen molar-refractivity contribution in [3.05, 3.63) is 35.4 Å². The van der Waals surface area contributed by atoms with Gasteiger partial charge in [0.05, 0.1) is 17.6 Å². The van der Waals surface area contributed by atoms with Crippen LogP contribution in [-0.4, -0.2) is 23.5 Å². The van der Waals surface area contributed by atoms with Gasteiger partial charge < -0.3 is 10.4 Å². The van der Waals surface area contributed by atoms with Crippen molar-refractivity contribution in [2.75, 3.05) is 6.54 Å². The largest absolute Gasteiger partial charge is 0.481 e. The molecule has 2 N–H and O–H groups in total. The Morgan fingerprint density at radius 1 is 1.24 bits per heavy atom. The predicted octanol–water partition coefficient (Wildman–Crippen LogP) is 2.18. The molecule has 5 heteroatoms. The van der Waals surface area contributed by atoms with Crippen molar-refractivity contribution >= 4 is 11.9 Å². The van der Waals surface area contributed by atoms with Crippen molar-refractivity contribution in [1.82, 2.24) is 5.32 Å². The molecule has 0 radical (unpaired) electrons. The summed E-state index contributed by atoms with van der Waals surface area (Å²) in [5, 5.41) is 20.7. The van der Waals surface area contributed by atoms with Crippen molar-refractivity contribution in [2.24, 2.45) is 11.8 Å². The maximum absolute atomic E-state index is 12.0. The van der Waals surface area contributed by atoms with Crippen molar-refractivity contribution in [3.8, 4) is 6.07 Å². The molecule has 1 amide bonds. The van der Waals surface area contributed by atoms with Crippen LogP contribution in [0.15, 0.2) is 24.3 Å². The van der Waals surface area contributed by atoms with Crippen LogP contribution in [0.1, 0.15) is 41.6 Å². The number of rotatable bonds is 4. The molecule has 110 valence electrons. The van der Waals surface area contributed by atoms with Gasteiger partial charge in [-0.1, -0.05) is 12.8 Å². The first kappa shape index (κ1) is 15.0. The highest BCUT2D eigenvalue weighted by molar-refractivity contribution is 5.94. The molecule has 2 unspecified atom stereocenters. The first-order valence-electron chi connectivity index (χ1n) is 7.13. The maximum Gasteiger partial charge on any atom is 0.306 e.